The molecule has 2 aromatic rings. The minimum absolute atomic E-state index is 0.0178. The third-order valence-corrected chi connectivity index (χ3v) is 5.51. The fourth-order valence-corrected chi connectivity index (χ4v) is 4.28. The SMILES string of the molecule is CCCC(N)c1nnc(S(=O)(=O)Cc2cccc(C)c2)n1CC(C)C. The number of nitrogens with zero attached hydrogens (tertiary/aromatic N) is 3. The van der Waals surface area contributed by atoms with E-state index in [0.717, 1.165) is 24.0 Å². The van der Waals surface area contributed by atoms with Crippen molar-refractivity contribution in [1.29, 1.82) is 0 Å². The van der Waals surface area contributed by atoms with Crippen molar-refractivity contribution in [2.24, 2.45) is 11.7 Å². The second-order valence-electron chi connectivity index (χ2n) is 6.99. The van der Waals surface area contributed by atoms with Crippen LogP contribution >= 0.6 is 0 Å². The van der Waals surface area contributed by atoms with Gasteiger partial charge in [0.25, 0.3) is 0 Å². The molecule has 2 rings (SSSR count). The van der Waals surface area contributed by atoms with Crippen LogP contribution < -0.4 is 5.73 Å². The van der Waals surface area contributed by atoms with E-state index in [1.807, 2.05) is 52.0 Å². The molecule has 0 bridgehead atoms. The van der Waals surface area contributed by atoms with Crippen LogP contribution in [0.4, 0.5) is 0 Å². The number of benzene rings is 1. The molecule has 0 saturated heterocycles. The quantitative estimate of drug-likeness (QED) is 0.777. The first-order valence-electron chi connectivity index (χ1n) is 8.71. The number of hydrogen-bond acceptors (Lipinski definition) is 5. The van der Waals surface area contributed by atoms with E-state index in [1.54, 1.807) is 4.57 Å². The molecule has 0 aliphatic carbocycles. The molecule has 1 aromatic carbocycles. The summed E-state index contributed by atoms with van der Waals surface area (Å²) in [6.07, 6.45) is 1.65. The predicted molar refractivity (Wildman–Crippen MR) is 98.8 cm³/mol. The fraction of sp³-hybridized carbons (Fsp3) is 0.556. The molecule has 2 N–H and O–H groups in total. The van der Waals surface area contributed by atoms with Crippen LogP contribution in [0.1, 0.15) is 56.6 Å². The Bertz CT molecular complexity index is 812. The van der Waals surface area contributed by atoms with Crippen molar-refractivity contribution in [1.82, 2.24) is 14.8 Å². The predicted octanol–water partition coefficient (Wildman–Crippen LogP) is 3.02. The van der Waals surface area contributed by atoms with E-state index in [0.29, 0.717) is 12.4 Å². The zero-order valence-corrected chi connectivity index (χ0v) is 16.3. The van der Waals surface area contributed by atoms with Crippen LogP contribution in [0.2, 0.25) is 0 Å². The fourth-order valence-electron chi connectivity index (χ4n) is 2.87. The maximum absolute atomic E-state index is 12.9. The Kier molecular flexibility index (Phi) is 6.35. The van der Waals surface area contributed by atoms with Crippen molar-refractivity contribution < 1.29 is 8.42 Å². The molecule has 1 unspecified atom stereocenters. The molecule has 0 amide bonds. The van der Waals surface area contributed by atoms with Gasteiger partial charge in [0.15, 0.2) is 5.82 Å². The third-order valence-electron chi connectivity index (χ3n) is 3.94. The van der Waals surface area contributed by atoms with Gasteiger partial charge >= 0.3 is 0 Å². The molecule has 0 radical (unpaired) electrons. The Morgan fingerprint density at radius 1 is 1.24 bits per heavy atom. The highest BCUT2D eigenvalue weighted by molar-refractivity contribution is 7.90. The Hall–Kier alpha value is -1.73. The van der Waals surface area contributed by atoms with Crippen molar-refractivity contribution in [3.63, 3.8) is 0 Å². The number of rotatable bonds is 8. The largest absolute Gasteiger partial charge is 0.321 e. The Labute approximate surface area is 150 Å². The van der Waals surface area contributed by atoms with Crippen LogP contribution in [0.5, 0.6) is 0 Å². The van der Waals surface area contributed by atoms with Gasteiger partial charge in [-0.15, -0.1) is 10.2 Å². The van der Waals surface area contributed by atoms with Crippen molar-refractivity contribution in [3.05, 3.63) is 41.2 Å². The van der Waals surface area contributed by atoms with E-state index in [2.05, 4.69) is 10.2 Å². The summed E-state index contributed by atoms with van der Waals surface area (Å²) >= 11 is 0. The molecule has 25 heavy (non-hydrogen) atoms. The molecular weight excluding hydrogens is 336 g/mol. The van der Waals surface area contributed by atoms with Crippen molar-refractivity contribution in [2.45, 2.75) is 64.0 Å². The summed E-state index contributed by atoms with van der Waals surface area (Å²) in [5, 5.41) is 8.15. The van der Waals surface area contributed by atoms with Gasteiger partial charge in [-0.05, 0) is 24.8 Å². The highest BCUT2D eigenvalue weighted by Crippen LogP contribution is 2.22. The summed E-state index contributed by atoms with van der Waals surface area (Å²) in [5.74, 6) is 0.725. The van der Waals surface area contributed by atoms with Crippen LogP contribution in [0.3, 0.4) is 0 Å². The normalized spacial score (nSPS) is 13.4. The van der Waals surface area contributed by atoms with Crippen LogP contribution in [0.15, 0.2) is 29.4 Å². The van der Waals surface area contributed by atoms with Gasteiger partial charge in [-0.2, -0.15) is 0 Å². The van der Waals surface area contributed by atoms with E-state index in [-0.39, 0.29) is 22.9 Å². The van der Waals surface area contributed by atoms with Crippen LogP contribution in [0, 0.1) is 12.8 Å². The first kappa shape index (κ1) is 19.6. The molecule has 0 spiro atoms. The van der Waals surface area contributed by atoms with Gasteiger partial charge < -0.3 is 10.3 Å². The molecule has 7 heteroatoms. The zero-order chi connectivity index (χ0) is 18.6. The first-order valence-corrected chi connectivity index (χ1v) is 10.4. The smallest absolute Gasteiger partial charge is 0.250 e. The highest BCUT2D eigenvalue weighted by Gasteiger charge is 2.27. The molecule has 0 aliphatic rings. The molecule has 1 heterocycles. The molecule has 6 nitrogen and oxygen atoms in total. The first-order chi connectivity index (χ1) is 11.7. The standard InChI is InChI=1S/C18H28N4O2S/c1-5-7-16(19)17-20-21-18(22(17)11-13(2)3)25(23,24)12-15-9-6-8-14(4)10-15/h6,8-10,13,16H,5,7,11-12,19H2,1-4H3. The van der Waals surface area contributed by atoms with Gasteiger partial charge in [0.05, 0.1) is 11.8 Å². The van der Waals surface area contributed by atoms with Gasteiger partial charge in [-0.3, -0.25) is 0 Å². The lowest BCUT2D eigenvalue weighted by molar-refractivity contribution is 0.449. The number of sulfone groups is 1. The summed E-state index contributed by atoms with van der Waals surface area (Å²) in [4.78, 5) is 0. The van der Waals surface area contributed by atoms with Gasteiger partial charge in [0.2, 0.25) is 15.0 Å². The summed E-state index contributed by atoms with van der Waals surface area (Å²) < 4.78 is 27.6. The van der Waals surface area contributed by atoms with Gasteiger partial charge in [-0.1, -0.05) is 57.0 Å². The average Bonchev–Trinajstić information content (AvgIpc) is 2.90. The number of aromatic nitrogens is 3. The summed E-state index contributed by atoms with van der Waals surface area (Å²) in [6, 6.07) is 7.20. The molecule has 1 aromatic heterocycles. The Morgan fingerprint density at radius 2 is 1.96 bits per heavy atom. The Morgan fingerprint density at radius 3 is 2.56 bits per heavy atom. The third kappa shape index (κ3) is 4.89. The minimum atomic E-state index is -3.60. The van der Waals surface area contributed by atoms with E-state index >= 15 is 0 Å². The number of hydrogen-bond donors (Lipinski definition) is 1. The van der Waals surface area contributed by atoms with E-state index in [9.17, 15) is 8.42 Å². The lowest BCUT2D eigenvalue weighted by Crippen LogP contribution is -2.21. The number of nitrogens with two attached hydrogens (primary N) is 1. The summed E-state index contributed by atoms with van der Waals surface area (Å²) in [5.41, 5.74) is 7.97. The average molecular weight is 365 g/mol. The maximum Gasteiger partial charge on any atom is 0.250 e. The second-order valence-corrected chi connectivity index (χ2v) is 8.87. The van der Waals surface area contributed by atoms with Crippen LogP contribution in [-0.4, -0.2) is 23.2 Å². The monoisotopic (exact) mass is 364 g/mol. The maximum atomic E-state index is 12.9. The van der Waals surface area contributed by atoms with Crippen molar-refractivity contribution >= 4 is 9.84 Å². The van der Waals surface area contributed by atoms with E-state index in [1.165, 1.54) is 0 Å². The second kappa shape index (κ2) is 8.10. The van der Waals surface area contributed by atoms with Crippen LogP contribution in [-0.2, 0) is 22.1 Å². The van der Waals surface area contributed by atoms with Gasteiger partial charge in [0, 0.05) is 6.54 Å². The van der Waals surface area contributed by atoms with E-state index in [4.69, 9.17) is 5.73 Å². The Balaban J connectivity index is 2.42. The number of aryl methyl sites for hydroxylation is 1. The zero-order valence-electron chi connectivity index (χ0n) is 15.4. The van der Waals surface area contributed by atoms with Crippen molar-refractivity contribution in [2.75, 3.05) is 0 Å². The summed E-state index contributed by atoms with van der Waals surface area (Å²) in [7, 11) is -3.60. The molecule has 138 valence electrons. The minimum Gasteiger partial charge on any atom is -0.321 e. The molecule has 1 atom stereocenters. The highest BCUT2D eigenvalue weighted by atomic mass is 32.2. The van der Waals surface area contributed by atoms with Gasteiger partial charge in [0.1, 0.15) is 0 Å². The van der Waals surface area contributed by atoms with E-state index < -0.39 is 9.84 Å². The molecule has 0 fully saturated rings. The molecule has 0 saturated carbocycles. The van der Waals surface area contributed by atoms with Crippen molar-refractivity contribution in [3.8, 4) is 0 Å². The summed E-state index contributed by atoms with van der Waals surface area (Å²) in [6.45, 7) is 8.58. The lowest BCUT2D eigenvalue weighted by atomic mass is 10.1. The van der Waals surface area contributed by atoms with Gasteiger partial charge in [-0.25, -0.2) is 8.42 Å². The lowest BCUT2D eigenvalue weighted by Gasteiger charge is -2.16. The van der Waals surface area contributed by atoms with Crippen LogP contribution in [0.25, 0.3) is 0 Å². The molecular formula is C18H28N4O2S. The molecule has 0 aliphatic heterocycles. The topological polar surface area (TPSA) is 90.9 Å².